The molecule has 2 aromatic heterocycles. The highest BCUT2D eigenvalue weighted by Gasteiger charge is 2.19. The van der Waals surface area contributed by atoms with Crippen molar-refractivity contribution in [3.8, 4) is 10.4 Å². The molecule has 7 heteroatoms. The van der Waals surface area contributed by atoms with Crippen molar-refractivity contribution in [2.45, 2.75) is 25.9 Å². The van der Waals surface area contributed by atoms with Gasteiger partial charge in [-0.3, -0.25) is 4.79 Å². The second kappa shape index (κ2) is 7.19. The van der Waals surface area contributed by atoms with Gasteiger partial charge in [0.05, 0.1) is 4.88 Å². The van der Waals surface area contributed by atoms with Gasteiger partial charge in [-0.25, -0.2) is 4.98 Å². The van der Waals surface area contributed by atoms with E-state index in [0.29, 0.717) is 13.1 Å². The molecule has 3 heterocycles. The topological polar surface area (TPSA) is 80.0 Å². The van der Waals surface area contributed by atoms with E-state index in [4.69, 9.17) is 5.73 Å². The van der Waals surface area contributed by atoms with E-state index in [9.17, 15) is 4.79 Å². The molecule has 1 aliphatic rings. The van der Waals surface area contributed by atoms with Gasteiger partial charge < -0.3 is 16.4 Å². The first-order chi connectivity index (χ1) is 12.6. The number of hydrogen-bond acceptors (Lipinski definition) is 6. The minimum absolute atomic E-state index is 0.00753. The van der Waals surface area contributed by atoms with Gasteiger partial charge in [0, 0.05) is 40.6 Å². The number of nitrogens with one attached hydrogen (secondary N) is 2. The van der Waals surface area contributed by atoms with E-state index in [2.05, 4.69) is 40.7 Å². The monoisotopic (exact) mass is 384 g/mol. The zero-order chi connectivity index (χ0) is 18.1. The van der Waals surface area contributed by atoms with Crippen molar-refractivity contribution in [1.82, 2.24) is 10.3 Å². The lowest BCUT2D eigenvalue weighted by Crippen LogP contribution is -2.30. The Kier molecular flexibility index (Phi) is 4.76. The number of rotatable bonds is 6. The van der Waals surface area contributed by atoms with Crippen LogP contribution >= 0.6 is 22.7 Å². The summed E-state index contributed by atoms with van der Waals surface area (Å²) in [4.78, 5) is 19.8. The van der Waals surface area contributed by atoms with Crippen molar-refractivity contribution in [2.24, 2.45) is 5.73 Å². The van der Waals surface area contributed by atoms with Crippen molar-refractivity contribution in [1.29, 1.82) is 0 Å². The first-order valence-corrected chi connectivity index (χ1v) is 10.1. The summed E-state index contributed by atoms with van der Waals surface area (Å²) >= 11 is 3.40. The second-order valence-corrected chi connectivity index (χ2v) is 8.84. The van der Waals surface area contributed by atoms with Gasteiger partial charge in [-0.1, -0.05) is 17.4 Å². The fraction of sp³-hybridized carbons (Fsp3) is 0.263. The number of nitrogens with zero attached hydrogens (tertiary/aromatic N) is 1. The molecule has 4 N–H and O–H groups in total. The van der Waals surface area contributed by atoms with Gasteiger partial charge in [0.15, 0.2) is 5.13 Å². The molecule has 0 fully saturated rings. The number of carbonyl (C=O) groups is 1. The highest BCUT2D eigenvalue weighted by molar-refractivity contribution is 7.18. The smallest absolute Gasteiger partial charge is 0.251 e. The van der Waals surface area contributed by atoms with Crippen LogP contribution in [0.5, 0.6) is 0 Å². The van der Waals surface area contributed by atoms with Crippen LogP contribution in [-0.2, 0) is 13.0 Å². The fourth-order valence-corrected chi connectivity index (χ4v) is 4.82. The molecule has 3 aromatic rings. The standard InChI is InChI=1S/C19H20N4OS2/c1-11-2-4-15(25-11)7-14(20)9-22-19-23-10-17(26-19)12-3-5-16-13(6-12)8-21-18(16)24/h2-6,10,14H,7-9,20H2,1H3,(H,21,24)(H,22,23)/t14-/m0/s1. The number of anilines is 1. The number of thiophene rings is 1. The highest BCUT2D eigenvalue weighted by atomic mass is 32.1. The molecule has 1 aliphatic heterocycles. The van der Waals surface area contributed by atoms with Gasteiger partial charge in [-0.05, 0) is 48.7 Å². The normalized spacial score (nSPS) is 14.2. The molecular formula is C19H20N4OS2. The summed E-state index contributed by atoms with van der Waals surface area (Å²) in [5.41, 5.74) is 9.14. The van der Waals surface area contributed by atoms with Gasteiger partial charge in [-0.2, -0.15) is 0 Å². The zero-order valence-electron chi connectivity index (χ0n) is 14.4. The SMILES string of the molecule is Cc1ccc(C[C@H](N)CNc2ncc(-c3ccc4c(c3)CNC4=O)s2)s1. The summed E-state index contributed by atoms with van der Waals surface area (Å²) in [7, 11) is 0. The number of benzene rings is 1. The Morgan fingerprint density at radius 1 is 1.31 bits per heavy atom. The van der Waals surface area contributed by atoms with E-state index < -0.39 is 0 Å². The minimum Gasteiger partial charge on any atom is -0.360 e. The fourth-order valence-electron chi connectivity index (χ4n) is 3.02. The number of hydrogen-bond donors (Lipinski definition) is 3. The Labute approximate surface area is 160 Å². The number of aryl methyl sites for hydroxylation is 1. The van der Waals surface area contributed by atoms with E-state index in [1.807, 2.05) is 18.3 Å². The molecule has 5 nitrogen and oxygen atoms in total. The van der Waals surface area contributed by atoms with Crippen LogP contribution in [0.4, 0.5) is 5.13 Å². The van der Waals surface area contributed by atoms with Crippen molar-refractivity contribution < 1.29 is 4.79 Å². The maximum Gasteiger partial charge on any atom is 0.251 e. The van der Waals surface area contributed by atoms with Crippen LogP contribution in [0.25, 0.3) is 10.4 Å². The molecule has 1 aromatic carbocycles. The van der Waals surface area contributed by atoms with Crippen LogP contribution in [0, 0.1) is 6.92 Å². The van der Waals surface area contributed by atoms with Crippen LogP contribution in [0.2, 0.25) is 0 Å². The largest absolute Gasteiger partial charge is 0.360 e. The molecule has 26 heavy (non-hydrogen) atoms. The molecule has 0 aliphatic carbocycles. The summed E-state index contributed by atoms with van der Waals surface area (Å²) in [6, 6.07) is 10.3. The van der Waals surface area contributed by atoms with E-state index in [1.54, 1.807) is 22.7 Å². The average Bonchev–Trinajstić information content (AvgIpc) is 3.34. The molecule has 4 rings (SSSR count). The van der Waals surface area contributed by atoms with E-state index in [0.717, 1.165) is 33.1 Å². The molecule has 0 saturated carbocycles. The Hall–Kier alpha value is -2.22. The van der Waals surface area contributed by atoms with E-state index in [-0.39, 0.29) is 11.9 Å². The highest BCUT2D eigenvalue weighted by Crippen LogP contribution is 2.31. The first kappa shape index (κ1) is 17.2. The zero-order valence-corrected chi connectivity index (χ0v) is 16.0. The molecule has 1 atom stereocenters. The van der Waals surface area contributed by atoms with Gasteiger partial charge in [-0.15, -0.1) is 11.3 Å². The predicted octanol–water partition coefficient (Wildman–Crippen LogP) is 3.41. The van der Waals surface area contributed by atoms with Crippen LogP contribution in [0.3, 0.4) is 0 Å². The maximum atomic E-state index is 11.7. The molecule has 0 spiro atoms. The molecule has 0 unspecified atom stereocenters. The summed E-state index contributed by atoms with van der Waals surface area (Å²) in [6.07, 6.45) is 2.74. The minimum atomic E-state index is 0.00753. The number of aromatic nitrogens is 1. The number of thiazole rings is 1. The number of carbonyl (C=O) groups excluding carboxylic acids is 1. The summed E-state index contributed by atoms with van der Waals surface area (Å²) in [6.45, 7) is 3.40. The third-order valence-corrected chi connectivity index (χ3v) is 6.38. The molecule has 134 valence electrons. The van der Waals surface area contributed by atoms with E-state index in [1.165, 1.54) is 9.75 Å². The molecule has 1 amide bonds. The second-order valence-electron chi connectivity index (χ2n) is 6.44. The Morgan fingerprint density at radius 3 is 3.00 bits per heavy atom. The summed E-state index contributed by atoms with van der Waals surface area (Å²) < 4.78 is 0. The molecule has 0 bridgehead atoms. The lowest BCUT2D eigenvalue weighted by atomic mass is 10.1. The van der Waals surface area contributed by atoms with Crippen molar-refractivity contribution in [3.05, 3.63) is 57.4 Å². The van der Waals surface area contributed by atoms with Crippen molar-refractivity contribution in [3.63, 3.8) is 0 Å². The van der Waals surface area contributed by atoms with Gasteiger partial charge in [0.1, 0.15) is 0 Å². The predicted molar refractivity (Wildman–Crippen MR) is 108 cm³/mol. The molecular weight excluding hydrogens is 364 g/mol. The van der Waals surface area contributed by atoms with Crippen molar-refractivity contribution in [2.75, 3.05) is 11.9 Å². The van der Waals surface area contributed by atoms with Crippen molar-refractivity contribution >= 4 is 33.7 Å². The maximum absolute atomic E-state index is 11.7. The lowest BCUT2D eigenvalue weighted by molar-refractivity contribution is 0.0966. The third-order valence-electron chi connectivity index (χ3n) is 4.35. The Balaban J connectivity index is 1.38. The number of fused-ring (bicyclic) bond motifs is 1. The third kappa shape index (κ3) is 3.65. The Morgan fingerprint density at radius 2 is 2.19 bits per heavy atom. The van der Waals surface area contributed by atoms with E-state index >= 15 is 0 Å². The Bertz CT molecular complexity index is 947. The number of amides is 1. The first-order valence-electron chi connectivity index (χ1n) is 8.50. The van der Waals surface area contributed by atoms with Crippen LogP contribution in [0.1, 0.15) is 25.7 Å². The van der Waals surface area contributed by atoms with Crippen LogP contribution in [0.15, 0.2) is 36.5 Å². The van der Waals surface area contributed by atoms with Crippen LogP contribution in [-0.4, -0.2) is 23.5 Å². The van der Waals surface area contributed by atoms with Crippen LogP contribution < -0.4 is 16.4 Å². The average molecular weight is 385 g/mol. The lowest BCUT2D eigenvalue weighted by Gasteiger charge is -2.10. The van der Waals surface area contributed by atoms with Gasteiger partial charge in [0.25, 0.3) is 5.91 Å². The quantitative estimate of drug-likeness (QED) is 0.608. The summed E-state index contributed by atoms with van der Waals surface area (Å²) in [5.74, 6) is 0.00753. The van der Waals surface area contributed by atoms with Gasteiger partial charge >= 0.3 is 0 Å². The molecule has 0 radical (unpaired) electrons. The molecule has 0 saturated heterocycles. The summed E-state index contributed by atoms with van der Waals surface area (Å²) in [5, 5.41) is 7.06. The van der Waals surface area contributed by atoms with Gasteiger partial charge in [0.2, 0.25) is 0 Å². The number of nitrogens with two attached hydrogens (primary N) is 1.